The van der Waals surface area contributed by atoms with Gasteiger partial charge in [-0.2, -0.15) is 0 Å². The maximum atomic E-state index is 13.2. The standard InChI is InChI=1S/C24H17ClN2O6/c1-31-17-7-5-13(25)10-15(17)22(28)20-21(16-4-2-3-9-26-16)27(24(30)23(20)29)14-6-8-18-19(11-14)33-12-32-18/h2-11,21,28H,12H2,1H3/b22-20+. The number of anilines is 1. The van der Waals surface area contributed by atoms with Crippen molar-refractivity contribution < 1.29 is 28.9 Å². The Kier molecular flexibility index (Phi) is 5.14. The van der Waals surface area contributed by atoms with Gasteiger partial charge in [-0.1, -0.05) is 17.7 Å². The number of carbonyl (C=O) groups is 2. The van der Waals surface area contributed by atoms with Crippen molar-refractivity contribution >= 4 is 34.7 Å². The molecule has 2 aliphatic heterocycles. The fourth-order valence-electron chi connectivity index (χ4n) is 3.96. The Morgan fingerprint density at radius 1 is 1.12 bits per heavy atom. The van der Waals surface area contributed by atoms with E-state index < -0.39 is 23.5 Å². The number of Topliss-reactive ketones (excluding diaryl/α,β-unsaturated/α-hetero) is 1. The van der Waals surface area contributed by atoms with E-state index in [-0.39, 0.29) is 17.9 Å². The average molecular weight is 465 g/mol. The van der Waals surface area contributed by atoms with Gasteiger partial charge >= 0.3 is 0 Å². The van der Waals surface area contributed by atoms with Gasteiger partial charge in [0.15, 0.2) is 11.5 Å². The lowest BCUT2D eigenvalue weighted by molar-refractivity contribution is -0.132. The molecule has 1 saturated heterocycles. The van der Waals surface area contributed by atoms with Crippen LogP contribution >= 0.6 is 11.6 Å². The summed E-state index contributed by atoms with van der Waals surface area (Å²) in [6, 6.07) is 13.7. The number of aliphatic hydroxyl groups excluding tert-OH is 1. The maximum absolute atomic E-state index is 13.2. The van der Waals surface area contributed by atoms with E-state index in [1.807, 2.05) is 0 Å². The van der Waals surface area contributed by atoms with E-state index in [2.05, 4.69) is 4.98 Å². The van der Waals surface area contributed by atoms with Gasteiger partial charge in [0.25, 0.3) is 11.7 Å². The first-order valence-corrected chi connectivity index (χ1v) is 10.3. The number of methoxy groups -OCH3 is 1. The second-order valence-corrected chi connectivity index (χ2v) is 7.74. The summed E-state index contributed by atoms with van der Waals surface area (Å²) >= 11 is 6.13. The molecule has 0 spiro atoms. The molecular formula is C24H17ClN2O6. The van der Waals surface area contributed by atoms with E-state index in [0.29, 0.717) is 33.7 Å². The minimum Gasteiger partial charge on any atom is -0.507 e. The second kappa shape index (κ2) is 8.14. The Bertz CT molecular complexity index is 1310. The Morgan fingerprint density at radius 2 is 1.94 bits per heavy atom. The average Bonchev–Trinajstić information content (AvgIpc) is 3.41. The third kappa shape index (κ3) is 3.44. The highest BCUT2D eigenvalue weighted by Gasteiger charge is 2.48. The fourth-order valence-corrected chi connectivity index (χ4v) is 4.13. The number of carbonyl (C=O) groups excluding carboxylic acids is 2. The van der Waals surface area contributed by atoms with Gasteiger partial charge in [-0.15, -0.1) is 0 Å². The molecule has 1 atom stereocenters. The van der Waals surface area contributed by atoms with Crippen molar-refractivity contribution in [2.45, 2.75) is 6.04 Å². The largest absolute Gasteiger partial charge is 0.507 e. The number of hydrogen-bond acceptors (Lipinski definition) is 7. The molecule has 0 radical (unpaired) electrons. The highest BCUT2D eigenvalue weighted by atomic mass is 35.5. The molecule has 1 aromatic heterocycles. The molecule has 33 heavy (non-hydrogen) atoms. The van der Waals surface area contributed by atoms with Crippen LogP contribution in [0.25, 0.3) is 5.76 Å². The molecule has 1 amide bonds. The number of aliphatic hydroxyl groups is 1. The summed E-state index contributed by atoms with van der Waals surface area (Å²) in [6.45, 7) is 0.0653. The number of benzene rings is 2. The SMILES string of the molecule is COc1ccc(Cl)cc1/C(O)=C1\C(=O)C(=O)N(c2ccc3c(c2)OCO3)C1c1ccccn1. The number of rotatable bonds is 4. The number of ether oxygens (including phenoxy) is 3. The number of nitrogens with zero attached hydrogens (tertiary/aromatic N) is 2. The molecule has 0 saturated carbocycles. The quantitative estimate of drug-likeness (QED) is 0.352. The Hall–Kier alpha value is -4.04. The molecular weight excluding hydrogens is 448 g/mol. The number of fused-ring (bicyclic) bond motifs is 1. The Labute approximate surface area is 193 Å². The predicted molar refractivity (Wildman–Crippen MR) is 120 cm³/mol. The van der Waals surface area contributed by atoms with Crippen molar-refractivity contribution in [1.29, 1.82) is 0 Å². The van der Waals surface area contributed by atoms with E-state index in [4.69, 9.17) is 25.8 Å². The number of aromatic nitrogens is 1. The highest BCUT2D eigenvalue weighted by Crippen LogP contribution is 2.45. The number of amides is 1. The van der Waals surface area contributed by atoms with Crippen LogP contribution in [-0.2, 0) is 9.59 Å². The van der Waals surface area contributed by atoms with Crippen molar-refractivity contribution in [3.05, 3.63) is 82.6 Å². The molecule has 8 nitrogen and oxygen atoms in total. The zero-order chi connectivity index (χ0) is 23.1. The van der Waals surface area contributed by atoms with Crippen LogP contribution in [0, 0.1) is 0 Å². The van der Waals surface area contributed by atoms with E-state index in [1.165, 1.54) is 18.1 Å². The monoisotopic (exact) mass is 464 g/mol. The molecule has 0 bridgehead atoms. The molecule has 9 heteroatoms. The van der Waals surface area contributed by atoms with Gasteiger partial charge < -0.3 is 19.3 Å². The Balaban J connectivity index is 1.73. The molecule has 0 aliphatic carbocycles. The lowest BCUT2D eigenvalue weighted by atomic mass is 9.97. The Morgan fingerprint density at radius 3 is 2.70 bits per heavy atom. The summed E-state index contributed by atoms with van der Waals surface area (Å²) in [4.78, 5) is 32.1. The zero-order valence-corrected chi connectivity index (χ0v) is 18.1. The highest BCUT2D eigenvalue weighted by molar-refractivity contribution is 6.51. The second-order valence-electron chi connectivity index (χ2n) is 7.31. The van der Waals surface area contributed by atoms with Gasteiger partial charge in [-0.25, -0.2) is 0 Å². The number of halogens is 1. The van der Waals surface area contributed by atoms with Crippen LogP contribution < -0.4 is 19.1 Å². The number of hydrogen-bond donors (Lipinski definition) is 1. The first kappa shape index (κ1) is 20.8. The van der Waals surface area contributed by atoms with E-state index in [0.717, 1.165) is 0 Å². The van der Waals surface area contributed by atoms with Crippen LogP contribution in [0.3, 0.4) is 0 Å². The van der Waals surface area contributed by atoms with E-state index in [1.54, 1.807) is 54.7 Å². The van der Waals surface area contributed by atoms with Gasteiger partial charge in [0.1, 0.15) is 17.6 Å². The van der Waals surface area contributed by atoms with Gasteiger partial charge in [0.2, 0.25) is 6.79 Å². The van der Waals surface area contributed by atoms with Crippen LogP contribution in [-0.4, -0.2) is 35.7 Å². The van der Waals surface area contributed by atoms with E-state index in [9.17, 15) is 14.7 Å². The van der Waals surface area contributed by atoms with Gasteiger partial charge in [-0.05, 0) is 42.5 Å². The number of ketones is 1. The third-order valence-electron chi connectivity index (χ3n) is 5.46. The predicted octanol–water partition coefficient (Wildman–Crippen LogP) is 4.10. The van der Waals surface area contributed by atoms with Gasteiger partial charge in [0.05, 0.1) is 23.9 Å². The molecule has 5 rings (SSSR count). The van der Waals surface area contributed by atoms with Crippen LogP contribution in [0.2, 0.25) is 5.02 Å². The molecule has 2 aliphatic rings. The topological polar surface area (TPSA) is 98.2 Å². The first-order chi connectivity index (χ1) is 16.0. The van der Waals surface area contributed by atoms with Gasteiger partial charge in [0, 0.05) is 23.0 Å². The molecule has 2 aromatic carbocycles. The summed E-state index contributed by atoms with van der Waals surface area (Å²) < 4.78 is 16.1. The summed E-state index contributed by atoms with van der Waals surface area (Å²) in [6.07, 6.45) is 1.55. The van der Waals surface area contributed by atoms with Crippen molar-refractivity contribution in [2.75, 3.05) is 18.8 Å². The molecule has 1 fully saturated rings. The summed E-state index contributed by atoms with van der Waals surface area (Å²) in [5.74, 6) is -0.800. The lowest BCUT2D eigenvalue weighted by Crippen LogP contribution is -2.29. The van der Waals surface area contributed by atoms with Crippen LogP contribution in [0.1, 0.15) is 17.3 Å². The lowest BCUT2D eigenvalue weighted by Gasteiger charge is -2.24. The van der Waals surface area contributed by atoms with Crippen molar-refractivity contribution in [2.24, 2.45) is 0 Å². The fraction of sp³-hybridized carbons (Fsp3) is 0.125. The normalized spacial score (nSPS) is 18.6. The van der Waals surface area contributed by atoms with Crippen molar-refractivity contribution in [3.63, 3.8) is 0 Å². The molecule has 166 valence electrons. The maximum Gasteiger partial charge on any atom is 0.300 e. The molecule has 1 N–H and O–H groups in total. The first-order valence-electron chi connectivity index (χ1n) is 9.95. The molecule has 1 unspecified atom stereocenters. The molecule has 3 heterocycles. The van der Waals surface area contributed by atoms with Crippen LogP contribution in [0.5, 0.6) is 17.2 Å². The third-order valence-corrected chi connectivity index (χ3v) is 5.70. The summed E-state index contributed by atoms with van der Waals surface area (Å²) in [5, 5.41) is 11.6. The summed E-state index contributed by atoms with van der Waals surface area (Å²) in [7, 11) is 1.43. The minimum absolute atomic E-state index is 0.0653. The van der Waals surface area contributed by atoms with Crippen molar-refractivity contribution in [1.82, 2.24) is 4.98 Å². The zero-order valence-electron chi connectivity index (χ0n) is 17.3. The van der Waals surface area contributed by atoms with Crippen molar-refractivity contribution in [3.8, 4) is 17.2 Å². The van der Waals surface area contributed by atoms with E-state index >= 15 is 0 Å². The smallest absolute Gasteiger partial charge is 0.300 e. The number of pyridine rings is 1. The molecule has 3 aromatic rings. The minimum atomic E-state index is -0.991. The van der Waals surface area contributed by atoms with Gasteiger partial charge in [-0.3, -0.25) is 19.5 Å². The van der Waals surface area contributed by atoms with Crippen LogP contribution in [0.4, 0.5) is 5.69 Å². The van der Waals surface area contributed by atoms with Crippen LogP contribution in [0.15, 0.2) is 66.4 Å². The summed E-state index contributed by atoms with van der Waals surface area (Å²) in [5.41, 5.74) is 0.859.